The number of benzene rings is 2. The predicted octanol–water partition coefficient (Wildman–Crippen LogP) is 2.15. The third-order valence-electron chi connectivity index (χ3n) is 4.90. The maximum atomic E-state index is 13.0. The monoisotopic (exact) mass is 406 g/mol. The number of amides is 1. The Kier molecular flexibility index (Phi) is 5.05. The number of rotatable bonds is 5. The van der Waals surface area contributed by atoms with Crippen LogP contribution in [0.2, 0.25) is 0 Å². The molecule has 8 heteroatoms. The van der Waals surface area contributed by atoms with E-state index in [1.54, 1.807) is 19.2 Å². The highest BCUT2D eigenvalue weighted by Crippen LogP contribution is 2.15. The molecule has 0 saturated carbocycles. The molecule has 7 nitrogen and oxygen atoms in total. The van der Waals surface area contributed by atoms with Gasteiger partial charge in [0.25, 0.3) is 11.5 Å². The molecule has 4 aromatic rings. The largest absolute Gasteiger partial charge is 0.348 e. The quantitative estimate of drug-likeness (QED) is 0.532. The first kappa shape index (κ1) is 19.4. The van der Waals surface area contributed by atoms with Gasteiger partial charge in [-0.05, 0) is 23.3 Å². The van der Waals surface area contributed by atoms with Crippen molar-refractivity contribution < 1.29 is 9.18 Å². The highest BCUT2D eigenvalue weighted by Gasteiger charge is 2.19. The molecular formula is C22H19FN4O3. The van der Waals surface area contributed by atoms with Crippen molar-refractivity contribution in [2.24, 2.45) is 7.05 Å². The van der Waals surface area contributed by atoms with Crippen LogP contribution in [-0.2, 0) is 20.1 Å². The SMILES string of the molecule is Cn1cc(C(=O)NCc2ccc(F)cc2)c2[nH]c(=O)n(Cc3ccccc3)c(=O)c21. The molecule has 0 radical (unpaired) electrons. The van der Waals surface area contributed by atoms with Gasteiger partial charge in [-0.1, -0.05) is 42.5 Å². The van der Waals surface area contributed by atoms with Gasteiger partial charge in [0.05, 0.1) is 17.6 Å². The summed E-state index contributed by atoms with van der Waals surface area (Å²) in [5.41, 5.74) is 1.09. The fourth-order valence-corrected chi connectivity index (χ4v) is 3.37. The topological polar surface area (TPSA) is 88.9 Å². The van der Waals surface area contributed by atoms with Crippen LogP contribution in [0.4, 0.5) is 4.39 Å². The van der Waals surface area contributed by atoms with Gasteiger partial charge in [0, 0.05) is 19.8 Å². The van der Waals surface area contributed by atoms with E-state index < -0.39 is 17.2 Å². The number of hydrogen-bond donors (Lipinski definition) is 2. The van der Waals surface area contributed by atoms with Gasteiger partial charge in [0.2, 0.25) is 0 Å². The molecule has 152 valence electrons. The number of halogens is 1. The lowest BCUT2D eigenvalue weighted by molar-refractivity contribution is 0.0952. The second-order valence-corrected chi connectivity index (χ2v) is 6.99. The van der Waals surface area contributed by atoms with Crippen LogP contribution >= 0.6 is 0 Å². The Labute approximate surface area is 170 Å². The van der Waals surface area contributed by atoms with E-state index in [2.05, 4.69) is 10.3 Å². The fourth-order valence-electron chi connectivity index (χ4n) is 3.37. The maximum absolute atomic E-state index is 13.0. The molecular weight excluding hydrogens is 387 g/mol. The lowest BCUT2D eigenvalue weighted by Crippen LogP contribution is -2.36. The molecule has 2 aromatic carbocycles. The number of carbonyl (C=O) groups is 1. The van der Waals surface area contributed by atoms with Gasteiger partial charge in [-0.2, -0.15) is 0 Å². The van der Waals surface area contributed by atoms with Crippen molar-refractivity contribution in [3.63, 3.8) is 0 Å². The molecule has 0 aliphatic heterocycles. The third kappa shape index (κ3) is 3.67. The second-order valence-electron chi connectivity index (χ2n) is 6.99. The minimum atomic E-state index is -0.588. The lowest BCUT2D eigenvalue weighted by Gasteiger charge is -2.07. The van der Waals surface area contributed by atoms with Crippen molar-refractivity contribution in [2.45, 2.75) is 13.1 Å². The van der Waals surface area contributed by atoms with Crippen LogP contribution < -0.4 is 16.6 Å². The average molecular weight is 406 g/mol. The van der Waals surface area contributed by atoms with Crippen LogP contribution in [0.1, 0.15) is 21.5 Å². The number of fused-ring (bicyclic) bond motifs is 1. The number of aromatic amines is 1. The Morgan fingerprint density at radius 3 is 2.43 bits per heavy atom. The van der Waals surface area contributed by atoms with Crippen LogP contribution in [0, 0.1) is 5.82 Å². The molecule has 2 N–H and O–H groups in total. The zero-order chi connectivity index (χ0) is 21.3. The summed E-state index contributed by atoms with van der Waals surface area (Å²) in [5, 5.41) is 2.73. The summed E-state index contributed by atoms with van der Waals surface area (Å²) in [6.45, 7) is 0.313. The van der Waals surface area contributed by atoms with Gasteiger partial charge in [-0.3, -0.25) is 14.2 Å². The van der Waals surface area contributed by atoms with Gasteiger partial charge in [0.15, 0.2) is 0 Å². The number of aromatic nitrogens is 3. The van der Waals surface area contributed by atoms with Crippen molar-refractivity contribution in [1.29, 1.82) is 0 Å². The van der Waals surface area contributed by atoms with Crippen LogP contribution in [0.15, 0.2) is 70.4 Å². The standard InChI is InChI=1S/C22H19FN4O3/c1-26-13-17(20(28)24-11-14-7-9-16(23)10-8-14)18-19(26)21(29)27(22(30)25-18)12-15-5-3-2-4-6-15/h2-10,13H,11-12H2,1H3,(H,24,28)(H,25,30). The average Bonchev–Trinajstić information content (AvgIpc) is 3.07. The summed E-state index contributed by atoms with van der Waals surface area (Å²) in [6.07, 6.45) is 1.51. The molecule has 0 bridgehead atoms. The maximum Gasteiger partial charge on any atom is 0.329 e. The first-order valence-electron chi connectivity index (χ1n) is 9.33. The zero-order valence-electron chi connectivity index (χ0n) is 16.2. The predicted molar refractivity (Wildman–Crippen MR) is 111 cm³/mol. The summed E-state index contributed by atoms with van der Waals surface area (Å²) in [6, 6.07) is 14.9. The van der Waals surface area contributed by atoms with Gasteiger partial charge >= 0.3 is 5.69 Å². The van der Waals surface area contributed by atoms with E-state index in [-0.39, 0.29) is 35.5 Å². The summed E-state index contributed by atoms with van der Waals surface area (Å²) in [5.74, 6) is -0.802. The molecule has 2 heterocycles. The van der Waals surface area contributed by atoms with Gasteiger partial charge in [-0.15, -0.1) is 0 Å². The summed E-state index contributed by atoms with van der Waals surface area (Å²) in [4.78, 5) is 40.9. The number of carbonyl (C=O) groups excluding carboxylic acids is 1. The molecule has 0 fully saturated rings. The van der Waals surface area contributed by atoms with Crippen LogP contribution in [-0.4, -0.2) is 20.0 Å². The van der Waals surface area contributed by atoms with Crippen molar-refractivity contribution >= 4 is 16.9 Å². The minimum absolute atomic E-state index is 0.127. The summed E-state index contributed by atoms with van der Waals surface area (Å²) in [7, 11) is 1.64. The van der Waals surface area contributed by atoms with E-state index in [1.165, 1.54) is 22.9 Å². The Morgan fingerprint density at radius 2 is 1.73 bits per heavy atom. The zero-order valence-corrected chi connectivity index (χ0v) is 16.2. The van der Waals surface area contributed by atoms with Crippen molar-refractivity contribution in [3.8, 4) is 0 Å². The molecule has 0 spiro atoms. The molecule has 2 aromatic heterocycles. The first-order chi connectivity index (χ1) is 14.4. The van der Waals surface area contributed by atoms with Gasteiger partial charge < -0.3 is 14.9 Å². The van der Waals surface area contributed by atoms with E-state index in [1.807, 2.05) is 30.3 Å². The Bertz CT molecular complexity index is 1340. The van der Waals surface area contributed by atoms with Crippen molar-refractivity contribution in [3.05, 3.63) is 104 Å². The molecule has 0 unspecified atom stereocenters. The Balaban J connectivity index is 1.67. The Morgan fingerprint density at radius 1 is 1.03 bits per heavy atom. The number of H-pyrrole nitrogens is 1. The van der Waals surface area contributed by atoms with Gasteiger partial charge in [-0.25, -0.2) is 9.18 Å². The smallest absolute Gasteiger partial charge is 0.329 e. The van der Waals surface area contributed by atoms with Crippen molar-refractivity contribution in [2.75, 3.05) is 0 Å². The van der Waals surface area contributed by atoms with E-state index in [0.717, 1.165) is 15.7 Å². The highest BCUT2D eigenvalue weighted by atomic mass is 19.1. The molecule has 1 amide bonds. The first-order valence-corrected chi connectivity index (χ1v) is 9.33. The van der Waals surface area contributed by atoms with Gasteiger partial charge in [0.1, 0.15) is 11.3 Å². The number of nitrogens with one attached hydrogen (secondary N) is 2. The molecule has 0 saturated heterocycles. The van der Waals surface area contributed by atoms with E-state index in [4.69, 9.17) is 0 Å². The fraction of sp³-hybridized carbons (Fsp3) is 0.136. The lowest BCUT2D eigenvalue weighted by atomic mass is 10.2. The van der Waals surface area contributed by atoms with E-state index in [0.29, 0.717) is 0 Å². The molecule has 0 atom stereocenters. The highest BCUT2D eigenvalue weighted by molar-refractivity contribution is 6.05. The Hall–Kier alpha value is -3.94. The second kappa shape index (κ2) is 7.82. The minimum Gasteiger partial charge on any atom is -0.348 e. The van der Waals surface area contributed by atoms with E-state index in [9.17, 15) is 18.8 Å². The van der Waals surface area contributed by atoms with Crippen LogP contribution in [0.3, 0.4) is 0 Å². The molecule has 0 aliphatic carbocycles. The van der Waals surface area contributed by atoms with Crippen LogP contribution in [0.25, 0.3) is 11.0 Å². The third-order valence-corrected chi connectivity index (χ3v) is 4.90. The molecule has 4 rings (SSSR count). The molecule has 0 aliphatic rings. The van der Waals surface area contributed by atoms with Crippen LogP contribution in [0.5, 0.6) is 0 Å². The number of nitrogens with zero attached hydrogens (tertiary/aromatic N) is 2. The van der Waals surface area contributed by atoms with E-state index >= 15 is 0 Å². The van der Waals surface area contributed by atoms with Crippen molar-refractivity contribution in [1.82, 2.24) is 19.4 Å². The summed E-state index contributed by atoms with van der Waals surface area (Å²) >= 11 is 0. The number of aryl methyl sites for hydroxylation is 1. The normalized spacial score (nSPS) is 11.0. The summed E-state index contributed by atoms with van der Waals surface area (Å²) < 4.78 is 15.7. The number of hydrogen-bond acceptors (Lipinski definition) is 3. The molecule has 30 heavy (non-hydrogen) atoms.